The lowest BCUT2D eigenvalue weighted by Crippen LogP contribution is -2.12. The van der Waals surface area contributed by atoms with Gasteiger partial charge in [-0.25, -0.2) is 0 Å². The summed E-state index contributed by atoms with van der Waals surface area (Å²) in [7, 11) is 0. The lowest BCUT2D eigenvalue weighted by atomic mass is 9.92. The average molecular weight is 419 g/mol. The number of amides is 1. The Hall–Kier alpha value is -3.47. The Bertz CT molecular complexity index is 1010. The summed E-state index contributed by atoms with van der Waals surface area (Å²) in [5.74, 6) is 1.65. The second-order valence-corrected chi connectivity index (χ2v) is 7.85. The van der Waals surface area contributed by atoms with Crippen LogP contribution in [0.2, 0.25) is 0 Å². The molecule has 5 heteroatoms. The van der Waals surface area contributed by atoms with Crippen molar-refractivity contribution in [1.29, 1.82) is 0 Å². The van der Waals surface area contributed by atoms with Crippen LogP contribution in [-0.4, -0.2) is 11.0 Å². The van der Waals surface area contributed by atoms with E-state index in [2.05, 4.69) is 18.2 Å². The van der Waals surface area contributed by atoms with E-state index in [0.29, 0.717) is 12.1 Å². The van der Waals surface area contributed by atoms with Crippen LogP contribution in [0.1, 0.15) is 41.5 Å². The number of carbonyl (C=O) groups is 1. The van der Waals surface area contributed by atoms with Crippen molar-refractivity contribution in [3.8, 4) is 17.2 Å². The van der Waals surface area contributed by atoms with Crippen LogP contribution in [0.4, 0.5) is 5.69 Å². The molecule has 0 atom stereocenters. The van der Waals surface area contributed by atoms with Gasteiger partial charge in [0.15, 0.2) is 0 Å². The smallest absolute Gasteiger partial charge is 0.217 e. The number of anilines is 1. The van der Waals surface area contributed by atoms with Crippen molar-refractivity contribution in [3.63, 3.8) is 0 Å². The molecule has 0 fully saturated rings. The lowest BCUT2D eigenvalue weighted by molar-refractivity contribution is -0.117. The number of primary amides is 1. The molecule has 31 heavy (non-hydrogen) atoms. The number of benzene rings is 3. The molecule has 0 spiro atoms. The molecule has 1 aliphatic carbocycles. The first-order valence-electron chi connectivity index (χ1n) is 10.6. The first-order valence-corrected chi connectivity index (χ1v) is 10.6. The number of carbonyl (C=O) groups excluding carboxylic acids is 1. The van der Waals surface area contributed by atoms with Crippen molar-refractivity contribution in [2.75, 3.05) is 5.73 Å². The Kier molecular flexibility index (Phi) is 7.55. The van der Waals surface area contributed by atoms with E-state index in [4.69, 9.17) is 16.2 Å². The van der Waals surface area contributed by atoms with Crippen molar-refractivity contribution in [2.24, 2.45) is 5.73 Å². The summed E-state index contributed by atoms with van der Waals surface area (Å²) in [6.45, 7) is 1.84. The summed E-state index contributed by atoms with van der Waals surface area (Å²) < 4.78 is 5.84. The highest BCUT2D eigenvalue weighted by atomic mass is 16.5. The summed E-state index contributed by atoms with van der Waals surface area (Å²) in [5.41, 5.74) is 16.0. The summed E-state index contributed by atoms with van der Waals surface area (Å²) >= 11 is 0. The Morgan fingerprint density at radius 1 is 0.968 bits per heavy atom. The molecule has 0 saturated carbocycles. The first-order chi connectivity index (χ1) is 14.9. The number of phenolic OH excluding ortho intramolecular Hbond substituents is 1. The van der Waals surface area contributed by atoms with Crippen molar-refractivity contribution < 1.29 is 14.6 Å². The quantitative estimate of drug-likeness (QED) is 0.504. The van der Waals surface area contributed by atoms with E-state index in [1.807, 2.05) is 37.3 Å². The van der Waals surface area contributed by atoms with Crippen LogP contribution in [0.15, 0.2) is 60.7 Å². The molecule has 5 N–H and O–H groups in total. The maximum atomic E-state index is 10.6. The fourth-order valence-corrected chi connectivity index (χ4v) is 3.81. The summed E-state index contributed by atoms with van der Waals surface area (Å²) in [4.78, 5) is 10.6. The number of phenols is 1. The largest absolute Gasteiger partial charge is 0.508 e. The van der Waals surface area contributed by atoms with Gasteiger partial charge in [-0.3, -0.25) is 4.79 Å². The van der Waals surface area contributed by atoms with Crippen LogP contribution >= 0.6 is 0 Å². The molecule has 0 heterocycles. The van der Waals surface area contributed by atoms with Crippen LogP contribution in [0, 0.1) is 6.92 Å². The van der Waals surface area contributed by atoms with Crippen molar-refractivity contribution in [2.45, 2.75) is 45.4 Å². The molecule has 0 unspecified atom stereocenters. The fourth-order valence-electron chi connectivity index (χ4n) is 3.81. The molecule has 3 aromatic rings. The highest BCUT2D eigenvalue weighted by molar-refractivity contribution is 5.74. The van der Waals surface area contributed by atoms with Crippen LogP contribution in [0.25, 0.3) is 0 Å². The van der Waals surface area contributed by atoms with Crippen LogP contribution < -0.4 is 16.2 Å². The summed E-state index contributed by atoms with van der Waals surface area (Å²) in [6, 6.07) is 19.5. The standard InChI is InChI=1S/C16H16O.C10H14N2O2/c1-2-8-15(9-3-1)17-16-11-10-13-6-4-5-7-14(13)12-16;1-6-4-7(13)5-9(11)8(6)2-3-10(12)14/h1-3,8-12H,4-7H2;4-5,13H,2-3,11H2,1H3,(H2,12,14). The predicted octanol–water partition coefficient (Wildman–Crippen LogP) is 5.06. The number of fused-ring (bicyclic) bond motifs is 1. The van der Waals surface area contributed by atoms with E-state index in [0.717, 1.165) is 22.6 Å². The Balaban J connectivity index is 0.000000180. The monoisotopic (exact) mass is 418 g/mol. The number of aromatic hydroxyl groups is 1. The number of para-hydroxylation sites is 1. The highest BCUT2D eigenvalue weighted by Crippen LogP contribution is 2.28. The zero-order valence-corrected chi connectivity index (χ0v) is 17.9. The SMILES string of the molecule is Cc1cc(O)cc(N)c1CCC(N)=O.c1ccc(Oc2ccc3c(c2)CCCC3)cc1. The topological polar surface area (TPSA) is 98.6 Å². The number of ether oxygens (including phenoxy) is 1. The average Bonchev–Trinajstić information content (AvgIpc) is 2.74. The Morgan fingerprint density at radius 2 is 1.68 bits per heavy atom. The summed E-state index contributed by atoms with van der Waals surface area (Å²) in [6.07, 6.45) is 5.85. The molecular weight excluding hydrogens is 388 g/mol. The Labute approximate surface area is 183 Å². The normalized spacial score (nSPS) is 12.3. The minimum atomic E-state index is -0.350. The van der Waals surface area contributed by atoms with Crippen LogP contribution in [-0.2, 0) is 24.1 Å². The van der Waals surface area contributed by atoms with Gasteiger partial charge in [-0.1, -0.05) is 24.3 Å². The second kappa shape index (κ2) is 10.5. The predicted molar refractivity (Wildman–Crippen MR) is 124 cm³/mol. The number of rotatable bonds is 5. The van der Waals surface area contributed by atoms with Gasteiger partial charge in [0.1, 0.15) is 17.2 Å². The van der Waals surface area contributed by atoms with Gasteiger partial charge in [-0.15, -0.1) is 0 Å². The molecular formula is C26H30N2O3. The number of nitrogens with two attached hydrogens (primary N) is 2. The van der Waals surface area contributed by atoms with Crippen LogP contribution in [0.3, 0.4) is 0 Å². The zero-order chi connectivity index (χ0) is 22.2. The highest BCUT2D eigenvalue weighted by Gasteiger charge is 2.10. The van der Waals surface area contributed by atoms with Gasteiger partial charge in [-0.05, 0) is 91.6 Å². The van der Waals surface area contributed by atoms with E-state index < -0.39 is 0 Å². The Morgan fingerprint density at radius 3 is 2.35 bits per heavy atom. The molecule has 0 aliphatic heterocycles. The number of nitrogen functional groups attached to an aromatic ring is 1. The molecule has 5 nitrogen and oxygen atoms in total. The van der Waals surface area contributed by atoms with E-state index in [1.165, 1.54) is 42.9 Å². The van der Waals surface area contributed by atoms with Gasteiger partial charge in [0, 0.05) is 18.2 Å². The third-order valence-corrected chi connectivity index (χ3v) is 5.41. The van der Waals surface area contributed by atoms with Gasteiger partial charge in [0.2, 0.25) is 5.91 Å². The van der Waals surface area contributed by atoms with Crippen molar-refractivity contribution >= 4 is 11.6 Å². The number of aryl methyl sites for hydroxylation is 3. The van der Waals surface area contributed by atoms with Gasteiger partial charge >= 0.3 is 0 Å². The minimum Gasteiger partial charge on any atom is -0.508 e. The maximum Gasteiger partial charge on any atom is 0.217 e. The van der Waals surface area contributed by atoms with Crippen LogP contribution in [0.5, 0.6) is 17.2 Å². The van der Waals surface area contributed by atoms with Crippen molar-refractivity contribution in [1.82, 2.24) is 0 Å². The number of hydrogen-bond acceptors (Lipinski definition) is 4. The van der Waals surface area contributed by atoms with Gasteiger partial charge in [-0.2, -0.15) is 0 Å². The third kappa shape index (κ3) is 6.51. The molecule has 0 radical (unpaired) electrons. The van der Waals surface area contributed by atoms with Crippen molar-refractivity contribution in [3.05, 3.63) is 82.9 Å². The molecule has 0 bridgehead atoms. The molecule has 4 rings (SSSR count). The van der Waals surface area contributed by atoms with Gasteiger partial charge < -0.3 is 21.3 Å². The van der Waals surface area contributed by atoms with E-state index >= 15 is 0 Å². The van der Waals surface area contributed by atoms with Gasteiger partial charge in [0.05, 0.1) is 0 Å². The molecule has 0 aromatic heterocycles. The maximum absolute atomic E-state index is 10.6. The summed E-state index contributed by atoms with van der Waals surface area (Å²) in [5, 5.41) is 9.22. The third-order valence-electron chi connectivity index (χ3n) is 5.41. The second-order valence-electron chi connectivity index (χ2n) is 7.85. The first kappa shape index (κ1) is 22.2. The van der Waals surface area contributed by atoms with E-state index in [-0.39, 0.29) is 18.1 Å². The molecule has 0 saturated heterocycles. The van der Waals surface area contributed by atoms with E-state index in [1.54, 1.807) is 6.07 Å². The number of hydrogen-bond donors (Lipinski definition) is 3. The minimum absolute atomic E-state index is 0.142. The molecule has 1 amide bonds. The van der Waals surface area contributed by atoms with E-state index in [9.17, 15) is 9.90 Å². The van der Waals surface area contributed by atoms with Gasteiger partial charge in [0.25, 0.3) is 0 Å². The lowest BCUT2D eigenvalue weighted by Gasteiger charge is -2.16. The molecule has 162 valence electrons. The fraction of sp³-hybridized carbons (Fsp3) is 0.269. The zero-order valence-electron chi connectivity index (χ0n) is 17.9. The molecule has 3 aromatic carbocycles. The molecule has 1 aliphatic rings.